The minimum atomic E-state index is -1.16. The lowest BCUT2D eigenvalue weighted by molar-refractivity contribution is -0.125. The third kappa shape index (κ3) is 5.21. The van der Waals surface area contributed by atoms with E-state index in [1.54, 1.807) is 0 Å². The maximum atomic E-state index is 14.3. The van der Waals surface area contributed by atoms with E-state index in [0.29, 0.717) is 6.29 Å². The fourth-order valence-electron chi connectivity index (χ4n) is 3.80. The van der Waals surface area contributed by atoms with Crippen molar-refractivity contribution in [2.24, 2.45) is 5.11 Å². The molecule has 2 aromatic rings. The van der Waals surface area contributed by atoms with Crippen LogP contribution in [0.1, 0.15) is 28.8 Å². The molecule has 8 N–H and O–H groups in total. The Morgan fingerprint density at radius 3 is 2.39 bits per heavy atom. The van der Waals surface area contributed by atoms with Gasteiger partial charge in [-0.15, -0.1) is 0 Å². The zero-order chi connectivity index (χ0) is 28.1. The van der Waals surface area contributed by atoms with Gasteiger partial charge in [-0.05, 0) is 12.5 Å². The number of halogens is 1. The van der Waals surface area contributed by atoms with Crippen LogP contribution in [0.5, 0.6) is 34.5 Å². The van der Waals surface area contributed by atoms with Gasteiger partial charge in [-0.25, -0.2) is 9.92 Å². The first-order valence-electron chi connectivity index (χ1n) is 11.0. The smallest absolute Gasteiger partial charge is 0.255 e. The van der Waals surface area contributed by atoms with Crippen molar-refractivity contribution in [3.8, 4) is 34.5 Å². The van der Waals surface area contributed by atoms with E-state index in [0.717, 1.165) is 18.3 Å². The van der Waals surface area contributed by atoms with Crippen LogP contribution >= 0.6 is 0 Å². The molecule has 1 aliphatic rings. The number of hydrogen-bond donors (Lipinski definition) is 8. The van der Waals surface area contributed by atoms with Gasteiger partial charge in [0.25, 0.3) is 5.91 Å². The molecule has 0 spiro atoms. The zero-order valence-corrected chi connectivity index (χ0v) is 19.9. The first kappa shape index (κ1) is 27.5. The van der Waals surface area contributed by atoms with Crippen molar-refractivity contribution in [3.05, 3.63) is 41.0 Å². The summed E-state index contributed by atoms with van der Waals surface area (Å²) in [7, 11) is 1.38. The maximum Gasteiger partial charge on any atom is 0.255 e. The largest absolute Gasteiger partial charge is 0.503 e. The highest BCUT2D eigenvalue weighted by Crippen LogP contribution is 2.53. The van der Waals surface area contributed by atoms with Crippen molar-refractivity contribution in [2.45, 2.75) is 25.4 Å². The molecule has 1 aliphatic heterocycles. The summed E-state index contributed by atoms with van der Waals surface area (Å²) >= 11 is 0. The van der Waals surface area contributed by atoms with Crippen LogP contribution in [-0.2, 0) is 16.1 Å². The van der Waals surface area contributed by atoms with Crippen molar-refractivity contribution in [1.29, 1.82) is 5.53 Å². The Hall–Kier alpha value is -5.08. The minimum absolute atomic E-state index is 0.0176. The highest BCUT2D eigenvalue weighted by Gasteiger charge is 2.38. The molecular formula is C23H24FN5O9. The van der Waals surface area contributed by atoms with Crippen molar-refractivity contribution < 1.29 is 49.0 Å². The number of benzene rings is 2. The summed E-state index contributed by atoms with van der Waals surface area (Å²) in [6.45, 7) is -0.605. The molecule has 1 heterocycles. The number of carbonyl (C=O) groups excluding carboxylic acids is 3. The molecule has 2 aromatic carbocycles. The Balaban J connectivity index is 1.84. The number of phenolic OH excluding ortho intramolecular Hbond substituents is 5. The average molecular weight is 533 g/mol. The summed E-state index contributed by atoms with van der Waals surface area (Å²) in [6.07, 6.45) is 1.64. The fraction of sp³-hybridized carbons (Fsp3) is 0.261. The third-order valence-electron chi connectivity index (χ3n) is 5.75. The number of anilines is 1. The van der Waals surface area contributed by atoms with Gasteiger partial charge in [0.2, 0.25) is 23.2 Å². The number of fused-ring (bicyclic) bond motifs is 1. The number of hydrogen-bond acceptors (Lipinski definition) is 12. The Morgan fingerprint density at radius 2 is 1.82 bits per heavy atom. The SMILES string of the molecule is CNC(=O)C(CCC=O)N1Cc2c(OC/C(=C/Nc3c(O)c(O)c(O)c(O)c3O)N=N)cc(F)cc2C1=O. The van der Waals surface area contributed by atoms with Crippen LogP contribution in [0, 0.1) is 11.3 Å². The summed E-state index contributed by atoms with van der Waals surface area (Å²) in [6, 6.07) is 1.01. The van der Waals surface area contributed by atoms with Crippen LogP contribution in [0.3, 0.4) is 0 Å². The van der Waals surface area contributed by atoms with Gasteiger partial charge in [-0.1, -0.05) is 0 Å². The van der Waals surface area contributed by atoms with E-state index in [9.17, 15) is 44.3 Å². The van der Waals surface area contributed by atoms with Crippen molar-refractivity contribution in [2.75, 3.05) is 19.0 Å². The Kier molecular flexibility index (Phi) is 8.19. The molecular weight excluding hydrogens is 509 g/mol. The van der Waals surface area contributed by atoms with Crippen LogP contribution in [0.4, 0.5) is 10.1 Å². The van der Waals surface area contributed by atoms with Gasteiger partial charge in [0.1, 0.15) is 41.9 Å². The first-order chi connectivity index (χ1) is 18.0. The molecule has 0 saturated carbocycles. The van der Waals surface area contributed by atoms with Crippen LogP contribution in [0.2, 0.25) is 0 Å². The number of rotatable bonds is 11. The van der Waals surface area contributed by atoms with Crippen molar-refractivity contribution in [3.63, 3.8) is 0 Å². The highest BCUT2D eigenvalue weighted by atomic mass is 19.1. The molecule has 15 heteroatoms. The molecule has 38 heavy (non-hydrogen) atoms. The number of aromatic hydroxyl groups is 5. The fourth-order valence-corrected chi connectivity index (χ4v) is 3.80. The lowest BCUT2D eigenvalue weighted by Gasteiger charge is -2.25. The van der Waals surface area contributed by atoms with Gasteiger partial charge < -0.3 is 50.6 Å². The van der Waals surface area contributed by atoms with Crippen LogP contribution in [0.25, 0.3) is 0 Å². The average Bonchev–Trinajstić information content (AvgIpc) is 3.23. The number of nitrogens with zero attached hydrogens (tertiary/aromatic N) is 2. The van der Waals surface area contributed by atoms with Gasteiger partial charge in [0.05, 0.1) is 12.1 Å². The number of phenols is 5. The number of ether oxygens (including phenoxy) is 1. The molecule has 14 nitrogen and oxygen atoms in total. The van der Waals surface area contributed by atoms with Crippen LogP contribution < -0.4 is 15.4 Å². The van der Waals surface area contributed by atoms with Crippen LogP contribution in [0.15, 0.2) is 29.1 Å². The van der Waals surface area contributed by atoms with Gasteiger partial charge in [-0.2, -0.15) is 5.11 Å². The lowest BCUT2D eigenvalue weighted by Crippen LogP contribution is -2.46. The standard InChI is InChI=1S/C23H24FN5O9/c1-26-22(36)14(3-2-4-30)29-8-13-12(23(29)37)5-10(24)6-15(13)38-9-11(28-25)7-27-16-17(31)19(33)21(35)20(34)18(16)32/h4-7,14,25,27,31-35H,2-3,8-9H2,1H3,(H,26,36)/b11-7-,28-25?. The Morgan fingerprint density at radius 1 is 1.18 bits per heavy atom. The number of amides is 2. The predicted octanol–water partition coefficient (Wildman–Crippen LogP) is 1.77. The number of likely N-dealkylation sites (N-methyl/N-ethyl adjacent to an activating group) is 1. The van der Waals surface area contributed by atoms with Gasteiger partial charge >= 0.3 is 0 Å². The number of aldehydes is 1. The molecule has 0 aromatic heterocycles. The molecule has 1 unspecified atom stereocenters. The highest BCUT2D eigenvalue weighted by molar-refractivity contribution is 6.01. The van der Waals surface area contributed by atoms with E-state index >= 15 is 0 Å². The van der Waals surface area contributed by atoms with Gasteiger partial charge in [0.15, 0.2) is 11.5 Å². The summed E-state index contributed by atoms with van der Waals surface area (Å²) in [5.41, 5.74) is 6.73. The van der Waals surface area contributed by atoms with Gasteiger partial charge in [0, 0.05) is 31.3 Å². The summed E-state index contributed by atoms with van der Waals surface area (Å²) in [5.74, 6) is -7.45. The molecule has 1 atom stereocenters. The number of carbonyl (C=O) groups is 3. The quantitative estimate of drug-likeness (QED) is 0.0904. The van der Waals surface area contributed by atoms with Crippen molar-refractivity contribution >= 4 is 23.8 Å². The summed E-state index contributed by atoms with van der Waals surface area (Å²) in [5, 5.41) is 56.5. The zero-order valence-electron chi connectivity index (χ0n) is 19.9. The second-order valence-corrected chi connectivity index (χ2v) is 8.04. The predicted molar refractivity (Wildman–Crippen MR) is 127 cm³/mol. The molecule has 0 saturated heterocycles. The van der Waals surface area contributed by atoms with E-state index in [1.165, 1.54) is 11.9 Å². The third-order valence-corrected chi connectivity index (χ3v) is 5.75. The van der Waals surface area contributed by atoms with Gasteiger partial charge in [-0.3, -0.25) is 9.59 Å². The Labute approximate surface area is 214 Å². The lowest BCUT2D eigenvalue weighted by atomic mass is 10.1. The normalized spacial score (nSPS) is 13.6. The summed E-state index contributed by atoms with van der Waals surface area (Å²) < 4.78 is 19.9. The second kappa shape index (κ2) is 11.3. The summed E-state index contributed by atoms with van der Waals surface area (Å²) in [4.78, 5) is 37.4. The molecule has 202 valence electrons. The maximum absolute atomic E-state index is 14.3. The Bertz CT molecular complexity index is 1300. The minimum Gasteiger partial charge on any atom is -0.503 e. The monoisotopic (exact) mass is 533 g/mol. The van der Waals surface area contributed by atoms with E-state index in [-0.39, 0.29) is 42.0 Å². The van der Waals surface area contributed by atoms with E-state index in [1.807, 2.05) is 0 Å². The second-order valence-electron chi connectivity index (χ2n) is 8.04. The van der Waals surface area contributed by atoms with Crippen LogP contribution in [-0.4, -0.2) is 68.2 Å². The number of nitrogens with one attached hydrogen (secondary N) is 3. The van der Waals surface area contributed by atoms with E-state index in [2.05, 4.69) is 15.7 Å². The molecule has 0 radical (unpaired) electrons. The van der Waals surface area contributed by atoms with E-state index < -0.39 is 64.7 Å². The molecule has 0 fully saturated rings. The molecule has 3 rings (SSSR count). The topological polar surface area (TPSA) is 225 Å². The molecule has 0 aliphatic carbocycles. The molecule has 0 bridgehead atoms. The van der Waals surface area contributed by atoms with Crippen molar-refractivity contribution in [1.82, 2.24) is 10.2 Å². The van der Waals surface area contributed by atoms with E-state index in [4.69, 9.17) is 10.3 Å². The first-order valence-corrected chi connectivity index (χ1v) is 11.0. The molecule has 2 amide bonds.